The fourth-order valence-electron chi connectivity index (χ4n) is 2.74. The summed E-state index contributed by atoms with van der Waals surface area (Å²) >= 11 is 0. The molecule has 0 atom stereocenters. The number of carbonyl (C=O) groups excluding carboxylic acids is 2. The molecule has 0 saturated heterocycles. The van der Waals surface area contributed by atoms with Gasteiger partial charge in [0.1, 0.15) is 11.5 Å². The molecule has 1 amide bonds. The molecule has 0 bridgehead atoms. The first-order chi connectivity index (χ1) is 12.6. The molecule has 0 unspecified atom stereocenters. The van der Waals surface area contributed by atoms with E-state index in [0.29, 0.717) is 35.6 Å². The Kier molecular flexibility index (Phi) is 5.22. The SMILES string of the molecule is COc1cccc(NC(=O)c2ccc(NC3=CC(=O)CC3)cc2OC)c1. The molecule has 2 aromatic carbocycles. The third-order valence-corrected chi connectivity index (χ3v) is 4.05. The number of hydrogen-bond acceptors (Lipinski definition) is 5. The molecule has 0 aromatic heterocycles. The van der Waals surface area contributed by atoms with E-state index in [-0.39, 0.29) is 11.7 Å². The standard InChI is InChI=1S/C20H20N2O4/c1-25-17-5-3-4-13(11-17)22-20(24)18-9-7-15(12-19(18)26-2)21-14-6-8-16(23)10-14/h3-5,7,9-12,21H,6,8H2,1-2H3,(H,22,24). The Bertz CT molecular complexity index is 874. The maximum absolute atomic E-state index is 12.6. The summed E-state index contributed by atoms with van der Waals surface area (Å²) < 4.78 is 10.5. The van der Waals surface area contributed by atoms with Crippen LogP contribution in [0.3, 0.4) is 0 Å². The van der Waals surface area contributed by atoms with Gasteiger partial charge < -0.3 is 20.1 Å². The zero-order chi connectivity index (χ0) is 18.5. The summed E-state index contributed by atoms with van der Waals surface area (Å²) in [6.45, 7) is 0. The summed E-state index contributed by atoms with van der Waals surface area (Å²) in [5, 5.41) is 6.02. The van der Waals surface area contributed by atoms with Gasteiger partial charge in [-0.15, -0.1) is 0 Å². The zero-order valence-electron chi connectivity index (χ0n) is 14.7. The third kappa shape index (κ3) is 4.03. The highest BCUT2D eigenvalue weighted by Gasteiger charge is 2.16. The molecule has 0 saturated carbocycles. The monoisotopic (exact) mass is 352 g/mol. The molecule has 0 radical (unpaired) electrons. The van der Waals surface area contributed by atoms with Gasteiger partial charge in [-0.05, 0) is 30.7 Å². The van der Waals surface area contributed by atoms with Crippen LogP contribution in [0.5, 0.6) is 11.5 Å². The smallest absolute Gasteiger partial charge is 0.259 e. The molecule has 2 aromatic rings. The molecule has 0 heterocycles. The van der Waals surface area contributed by atoms with E-state index in [4.69, 9.17) is 9.47 Å². The number of nitrogens with one attached hydrogen (secondary N) is 2. The summed E-state index contributed by atoms with van der Waals surface area (Å²) in [6, 6.07) is 12.3. The van der Waals surface area contributed by atoms with E-state index >= 15 is 0 Å². The normalized spacial score (nSPS) is 13.2. The van der Waals surface area contributed by atoms with Crippen molar-refractivity contribution in [3.8, 4) is 11.5 Å². The van der Waals surface area contributed by atoms with Crippen molar-refractivity contribution in [3.05, 3.63) is 59.8 Å². The Hall–Kier alpha value is -3.28. The predicted octanol–water partition coefficient (Wildman–Crippen LogP) is 3.61. The van der Waals surface area contributed by atoms with Gasteiger partial charge in [-0.25, -0.2) is 0 Å². The lowest BCUT2D eigenvalue weighted by molar-refractivity contribution is -0.114. The summed E-state index contributed by atoms with van der Waals surface area (Å²) in [7, 11) is 3.09. The van der Waals surface area contributed by atoms with Crippen molar-refractivity contribution in [2.45, 2.75) is 12.8 Å². The Labute approximate surface area is 151 Å². The molecule has 0 aliphatic heterocycles. The average Bonchev–Trinajstić information content (AvgIpc) is 3.06. The maximum atomic E-state index is 12.6. The van der Waals surface area contributed by atoms with Crippen LogP contribution >= 0.6 is 0 Å². The molecular formula is C20H20N2O4. The Morgan fingerprint density at radius 3 is 2.54 bits per heavy atom. The Balaban J connectivity index is 1.77. The molecule has 26 heavy (non-hydrogen) atoms. The number of hydrogen-bond donors (Lipinski definition) is 2. The first kappa shape index (κ1) is 17.5. The van der Waals surface area contributed by atoms with Crippen molar-refractivity contribution in [1.82, 2.24) is 0 Å². The van der Waals surface area contributed by atoms with Gasteiger partial charge in [0.2, 0.25) is 0 Å². The fourth-order valence-corrected chi connectivity index (χ4v) is 2.74. The second-order valence-electron chi connectivity index (χ2n) is 5.86. The van der Waals surface area contributed by atoms with E-state index in [1.165, 1.54) is 7.11 Å². The Morgan fingerprint density at radius 1 is 1.00 bits per heavy atom. The van der Waals surface area contributed by atoms with Gasteiger partial charge in [0.15, 0.2) is 5.78 Å². The maximum Gasteiger partial charge on any atom is 0.259 e. The van der Waals surface area contributed by atoms with Crippen LogP contribution in [0.4, 0.5) is 11.4 Å². The van der Waals surface area contributed by atoms with Gasteiger partial charge in [-0.3, -0.25) is 9.59 Å². The minimum absolute atomic E-state index is 0.119. The second-order valence-corrected chi connectivity index (χ2v) is 5.86. The number of ether oxygens (including phenoxy) is 2. The van der Waals surface area contributed by atoms with Crippen LogP contribution in [0.2, 0.25) is 0 Å². The summed E-state index contributed by atoms with van der Waals surface area (Å²) in [6.07, 6.45) is 2.83. The molecule has 6 heteroatoms. The first-order valence-electron chi connectivity index (χ1n) is 8.23. The van der Waals surface area contributed by atoms with Crippen molar-refractivity contribution in [1.29, 1.82) is 0 Å². The van der Waals surface area contributed by atoms with Crippen LogP contribution in [0.25, 0.3) is 0 Å². The van der Waals surface area contributed by atoms with Gasteiger partial charge in [-0.2, -0.15) is 0 Å². The second kappa shape index (κ2) is 7.74. The van der Waals surface area contributed by atoms with Crippen LogP contribution < -0.4 is 20.1 Å². The van der Waals surface area contributed by atoms with Gasteiger partial charge in [0.05, 0.1) is 19.8 Å². The minimum Gasteiger partial charge on any atom is -0.497 e. The fraction of sp³-hybridized carbons (Fsp3) is 0.200. The van der Waals surface area contributed by atoms with Crippen molar-refractivity contribution < 1.29 is 19.1 Å². The van der Waals surface area contributed by atoms with Crippen molar-refractivity contribution in [3.63, 3.8) is 0 Å². The summed E-state index contributed by atoms with van der Waals surface area (Å²) in [5.74, 6) is 0.944. The number of methoxy groups -OCH3 is 2. The van der Waals surface area contributed by atoms with Crippen molar-refractivity contribution >= 4 is 23.1 Å². The first-order valence-corrected chi connectivity index (χ1v) is 8.23. The molecule has 6 nitrogen and oxygen atoms in total. The lowest BCUT2D eigenvalue weighted by atomic mass is 10.1. The lowest BCUT2D eigenvalue weighted by Gasteiger charge is -2.13. The van der Waals surface area contributed by atoms with Crippen LogP contribution in [0.15, 0.2) is 54.2 Å². The average molecular weight is 352 g/mol. The number of amides is 1. The molecule has 2 N–H and O–H groups in total. The highest BCUT2D eigenvalue weighted by molar-refractivity contribution is 6.06. The third-order valence-electron chi connectivity index (χ3n) is 4.05. The number of carbonyl (C=O) groups is 2. The molecule has 0 spiro atoms. The highest BCUT2D eigenvalue weighted by atomic mass is 16.5. The van der Waals surface area contributed by atoms with Crippen LogP contribution in [0, 0.1) is 0 Å². The number of allylic oxidation sites excluding steroid dienone is 2. The summed E-state index contributed by atoms with van der Waals surface area (Å²) in [4.78, 5) is 23.9. The van der Waals surface area contributed by atoms with Gasteiger partial charge in [0, 0.05) is 41.7 Å². The zero-order valence-corrected chi connectivity index (χ0v) is 14.7. The molecule has 0 fully saturated rings. The van der Waals surface area contributed by atoms with Crippen LogP contribution in [-0.2, 0) is 4.79 Å². The molecule has 1 aliphatic rings. The molecular weight excluding hydrogens is 332 g/mol. The van der Waals surface area contributed by atoms with E-state index in [2.05, 4.69) is 10.6 Å². The molecule has 134 valence electrons. The van der Waals surface area contributed by atoms with Gasteiger partial charge >= 0.3 is 0 Å². The molecule has 1 aliphatic carbocycles. The minimum atomic E-state index is -0.281. The van der Waals surface area contributed by atoms with Gasteiger partial charge in [0.25, 0.3) is 5.91 Å². The van der Waals surface area contributed by atoms with Crippen LogP contribution in [0.1, 0.15) is 23.2 Å². The van der Waals surface area contributed by atoms with Crippen molar-refractivity contribution in [2.24, 2.45) is 0 Å². The molecule has 3 rings (SSSR count). The van der Waals surface area contributed by atoms with Gasteiger partial charge in [-0.1, -0.05) is 6.07 Å². The van der Waals surface area contributed by atoms with E-state index in [0.717, 1.165) is 11.4 Å². The predicted molar refractivity (Wildman–Crippen MR) is 99.9 cm³/mol. The van der Waals surface area contributed by atoms with Crippen molar-refractivity contribution in [2.75, 3.05) is 24.9 Å². The number of ketones is 1. The number of anilines is 2. The highest BCUT2D eigenvalue weighted by Crippen LogP contribution is 2.27. The van der Waals surface area contributed by atoms with Crippen LogP contribution in [-0.4, -0.2) is 25.9 Å². The summed E-state index contributed by atoms with van der Waals surface area (Å²) in [5.41, 5.74) is 2.68. The Morgan fingerprint density at radius 2 is 1.85 bits per heavy atom. The lowest BCUT2D eigenvalue weighted by Crippen LogP contribution is -2.13. The van der Waals surface area contributed by atoms with E-state index < -0.39 is 0 Å². The largest absolute Gasteiger partial charge is 0.497 e. The number of benzene rings is 2. The number of rotatable bonds is 6. The van der Waals surface area contributed by atoms with E-state index in [1.807, 2.05) is 0 Å². The topological polar surface area (TPSA) is 76.7 Å². The quantitative estimate of drug-likeness (QED) is 0.830. The van der Waals surface area contributed by atoms with E-state index in [1.54, 1.807) is 55.7 Å². The van der Waals surface area contributed by atoms with E-state index in [9.17, 15) is 9.59 Å².